The molecule has 0 bridgehead atoms. The second-order valence-corrected chi connectivity index (χ2v) is 14.2. The van der Waals surface area contributed by atoms with E-state index in [4.69, 9.17) is 14.2 Å². The molecular weight excluding hydrogens is 572 g/mol. The van der Waals surface area contributed by atoms with Crippen LogP contribution in [-0.4, -0.2) is 81.3 Å². The Morgan fingerprint density at radius 2 is 1.20 bits per heavy atom. The largest absolute Gasteiger partial charge is 0.455 e. The van der Waals surface area contributed by atoms with Crippen LogP contribution in [0.2, 0.25) is 0 Å². The Kier molecular flexibility index (Phi) is 18.6. The molecule has 2 saturated heterocycles. The molecule has 3 rings (SSSR count). The number of cyclic esters (lactones) is 1. The Bertz CT molecular complexity index is 833. The number of hydrogen-bond donors (Lipinski definition) is 4. The first-order valence-corrected chi connectivity index (χ1v) is 18.7. The highest BCUT2D eigenvalue weighted by Gasteiger charge is 2.36. The lowest BCUT2D eigenvalue weighted by atomic mass is 9.98. The molecule has 0 aromatic carbocycles. The molecule has 45 heavy (non-hydrogen) atoms. The van der Waals surface area contributed by atoms with Gasteiger partial charge in [0.05, 0.1) is 48.8 Å². The predicted molar refractivity (Wildman–Crippen MR) is 177 cm³/mol. The summed E-state index contributed by atoms with van der Waals surface area (Å²) in [6.45, 7) is 4.07. The van der Waals surface area contributed by atoms with Gasteiger partial charge in [0.25, 0.3) is 0 Å². The minimum atomic E-state index is -0.642. The minimum Gasteiger partial charge on any atom is -0.455 e. The molecule has 0 aliphatic carbocycles. The maximum absolute atomic E-state index is 11.7. The summed E-state index contributed by atoms with van der Waals surface area (Å²) < 4.78 is 17.4. The van der Waals surface area contributed by atoms with Crippen molar-refractivity contribution in [2.45, 2.75) is 216 Å². The average Bonchev–Trinajstić information content (AvgIpc) is 3.77. The topological polar surface area (TPSA) is 126 Å². The third kappa shape index (κ3) is 14.7. The van der Waals surface area contributed by atoms with E-state index in [9.17, 15) is 25.2 Å². The van der Waals surface area contributed by atoms with Crippen LogP contribution in [0.25, 0.3) is 0 Å². The van der Waals surface area contributed by atoms with E-state index in [1.165, 1.54) is 12.8 Å². The zero-order chi connectivity index (χ0) is 32.4. The van der Waals surface area contributed by atoms with Crippen molar-refractivity contribution in [2.24, 2.45) is 0 Å². The van der Waals surface area contributed by atoms with Gasteiger partial charge >= 0.3 is 5.97 Å². The molecule has 0 aromatic heterocycles. The molecule has 0 saturated carbocycles. The van der Waals surface area contributed by atoms with Crippen LogP contribution < -0.4 is 0 Å². The van der Waals surface area contributed by atoms with Gasteiger partial charge in [0.2, 0.25) is 0 Å². The highest BCUT2D eigenvalue weighted by Crippen LogP contribution is 2.31. The molecule has 3 heterocycles. The molecule has 0 amide bonds. The van der Waals surface area contributed by atoms with Gasteiger partial charge in [0.1, 0.15) is 6.10 Å². The molecule has 4 N–H and O–H groups in total. The monoisotopic (exact) mass is 638 g/mol. The first kappa shape index (κ1) is 38.4. The van der Waals surface area contributed by atoms with Crippen LogP contribution in [-0.2, 0) is 19.0 Å². The van der Waals surface area contributed by atoms with Crippen molar-refractivity contribution in [3.8, 4) is 0 Å². The lowest BCUT2D eigenvalue weighted by molar-refractivity contribution is -0.139. The zero-order valence-electron chi connectivity index (χ0n) is 28.5. The summed E-state index contributed by atoms with van der Waals surface area (Å²) in [4.78, 5) is 11.7. The molecule has 0 spiro atoms. The molecule has 8 nitrogen and oxygen atoms in total. The Balaban J connectivity index is 1.17. The van der Waals surface area contributed by atoms with Gasteiger partial charge in [-0.1, -0.05) is 77.6 Å². The summed E-state index contributed by atoms with van der Waals surface area (Å²) in [6, 6.07) is 0. The van der Waals surface area contributed by atoms with E-state index < -0.39 is 18.3 Å². The Morgan fingerprint density at radius 1 is 0.667 bits per heavy atom. The minimum absolute atomic E-state index is 0.0889. The Labute approximate surface area is 273 Å². The number of ether oxygens (including phenoxy) is 3. The summed E-state index contributed by atoms with van der Waals surface area (Å²) in [5, 5.41) is 42.2. The second kappa shape index (κ2) is 21.8. The van der Waals surface area contributed by atoms with Crippen LogP contribution >= 0.6 is 0 Å². The summed E-state index contributed by atoms with van der Waals surface area (Å²) in [7, 11) is 0. The molecule has 8 heteroatoms. The van der Waals surface area contributed by atoms with Crippen molar-refractivity contribution in [1.82, 2.24) is 0 Å². The van der Waals surface area contributed by atoms with Crippen LogP contribution in [0, 0.1) is 0 Å². The first-order chi connectivity index (χ1) is 21.8. The van der Waals surface area contributed by atoms with Crippen LogP contribution in [0.5, 0.6) is 0 Å². The van der Waals surface area contributed by atoms with Crippen molar-refractivity contribution < 1.29 is 39.4 Å². The highest BCUT2D eigenvalue weighted by molar-refractivity contribution is 5.90. The summed E-state index contributed by atoms with van der Waals surface area (Å²) in [5.74, 6) is -0.160. The maximum Gasteiger partial charge on any atom is 0.334 e. The average molecular weight is 639 g/mol. The van der Waals surface area contributed by atoms with E-state index >= 15 is 0 Å². The second-order valence-electron chi connectivity index (χ2n) is 14.2. The highest BCUT2D eigenvalue weighted by atomic mass is 16.5. The third-order valence-corrected chi connectivity index (χ3v) is 10.2. The Hall–Kier alpha value is -1.03. The molecule has 3 aliphatic heterocycles. The number of aliphatic hydroxyl groups is 4. The zero-order valence-corrected chi connectivity index (χ0v) is 28.5. The lowest BCUT2D eigenvalue weighted by Crippen LogP contribution is -2.33. The summed E-state index contributed by atoms with van der Waals surface area (Å²) >= 11 is 0. The van der Waals surface area contributed by atoms with E-state index in [-0.39, 0.29) is 42.6 Å². The van der Waals surface area contributed by atoms with Gasteiger partial charge in [-0.3, -0.25) is 0 Å². The molecule has 0 aromatic rings. The van der Waals surface area contributed by atoms with Crippen molar-refractivity contribution in [2.75, 3.05) is 0 Å². The van der Waals surface area contributed by atoms with Crippen LogP contribution in [0.1, 0.15) is 162 Å². The maximum atomic E-state index is 11.7. The number of unbranched alkanes of at least 4 members (excludes halogenated alkanes) is 9. The standard InChI is InChI=1S/C37H66O8/c1-3-4-10-16-29(38)17-12-6-5-7-14-19-31(39)35-24-25-36(45-35)33(41)22-21-32(40)34-23-20-30(44-34)18-13-9-8-11-15-28-26-27(2)43-37(28)42/h26-27,29-36,38-41H,3-25H2,1-2H3/t27-,29-,30+,31+,32-,33-,34-,35-,36-/m0/s1. The molecule has 262 valence electrons. The number of esters is 1. The smallest absolute Gasteiger partial charge is 0.334 e. The Morgan fingerprint density at radius 3 is 1.84 bits per heavy atom. The van der Waals surface area contributed by atoms with Gasteiger partial charge in [-0.05, 0) is 90.0 Å². The van der Waals surface area contributed by atoms with Crippen LogP contribution in [0.15, 0.2) is 11.6 Å². The number of hydrogen-bond acceptors (Lipinski definition) is 8. The van der Waals surface area contributed by atoms with Gasteiger partial charge < -0.3 is 34.6 Å². The van der Waals surface area contributed by atoms with Crippen LogP contribution in [0.3, 0.4) is 0 Å². The molecule has 2 fully saturated rings. The third-order valence-electron chi connectivity index (χ3n) is 10.2. The van der Waals surface area contributed by atoms with Crippen molar-refractivity contribution in [3.63, 3.8) is 0 Å². The van der Waals surface area contributed by atoms with Gasteiger partial charge in [-0.2, -0.15) is 0 Å². The van der Waals surface area contributed by atoms with E-state index in [1.54, 1.807) is 0 Å². The van der Waals surface area contributed by atoms with E-state index in [2.05, 4.69) is 6.92 Å². The van der Waals surface area contributed by atoms with Crippen molar-refractivity contribution in [3.05, 3.63) is 11.6 Å². The fraction of sp³-hybridized carbons (Fsp3) is 0.919. The number of carbonyl (C=O) groups is 1. The van der Waals surface area contributed by atoms with Gasteiger partial charge in [0, 0.05) is 5.57 Å². The van der Waals surface area contributed by atoms with Gasteiger partial charge in [-0.25, -0.2) is 4.79 Å². The summed E-state index contributed by atoms with van der Waals surface area (Å²) in [6.07, 6.45) is 21.3. The quantitative estimate of drug-likeness (QED) is 0.0634. The van der Waals surface area contributed by atoms with Crippen molar-refractivity contribution in [1.29, 1.82) is 0 Å². The van der Waals surface area contributed by atoms with Gasteiger partial charge in [0.15, 0.2) is 0 Å². The fourth-order valence-electron chi connectivity index (χ4n) is 7.28. The number of carbonyl (C=O) groups excluding carboxylic acids is 1. The predicted octanol–water partition coefficient (Wildman–Crippen LogP) is 6.83. The van der Waals surface area contributed by atoms with E-state index in [1.807, 2.05) is 13.0 Å². The first-order valence-electron chi connectivity index (χ1n) is 18.7. The van der Waals surface area contributed by atoms with E-state index in [0.29, 0.717) is 12.8 Å². The number of aliphatic hydroxyl groups excluding tert-OH is 4. The molecular formula is C37H66O8. The normalized spacial score (nSPS) is 27.8. The molecule has 0 unspecified atom stereocenters. The SMILES string of the molecule is CCCCC[C@H](O)CCCCCCC[C@@H](O)[C@@H]1CC[C@@H]([C@@H](O)CC[C@H](O)[C@@H]2CC[C@@H](CCCCCCC3=C[C@H](C)OC3=O)O2)O1. The van der Waals surface area contributed by atoms with Gasteiger partial charge in [-0.15, -0.1) is 0 Å². The molecule has 0 radical (unpaired) electrons. The van der Waals surface area contributed by atoms with Crippen molar-refractivity contribution >= 4 is 5.97 Å². The van der Waals surface area contributed by atoms with Crippen LogP contribution in [0.4, 0.5) is 0 Å². The fourth-order valence-corrected chi connectivity index (χ4v) is 7.28. The summed E-state index contributed by atoms with van der Waals surface area (Å²) in [5.41, 5.74) is 0.819. The lowest BCUT2D eigenvalue weighted by Gasteiger charge is -2.24. The van der Waals surface area contributed by atoms with E-state index in [0.717, 1.165) is 128 Å². The number of rotatable bonds is 25. The molecule has 9 atom stereocenters. The molecule has 3 aliphatic rings.